The molecule has 0 atom stereocenters. The molecule has 0 radical (unpaired) electrons. The number of carbonyl (C=O) groups excluding carboxylic acids is 1. The molecule has 21 heavy (non-hydrogen) atoms. The molecule has 110 valence electrons. The number of benzene rings is 2. The lowest BCUT2D eigenvalue weighted by molar-refractivity contribution is -0.118. The predicted octanol–water partition coefficient (Wildman–Crippen LogP) is 4.28. The molecule has 0 fully saturated rings. The van der Waals surface area contributed by atoms with Crippen molar-refractivity contribution in [3.8, 4) is 5.75 Å². The van der Waals surface area contributed by atoms with Crippen molar-refractivity contribution in [3.63, 3.8) is 0 Å². The number of para-hydroxylation sites is 1. The van der Waals surface area contributed by atoms with Crippen molar-refractivity contribution >= 4 is 23.2 Å². The third-order valence-corrected chi connectivity index (χ3v) is 3.63. The number of carbonyl (C=O) groups is 1. The van der Waals surface area contributed by atoms with Gasteiger partial charge in [-0.05, 0) is 55.7 Å². The van der Waals surface area contributed by atoms with Crippen molar-refractivity contribution in [2.75, 3.05) is 11.9 Å². The van der Waals surface area contributed by atoms with E-state index >= 15 is 0 Å². The molecule has 0 bridgehead atoms. The van der Waals surface area contributed by atoms with Gasteiger partial charge in [-0.15, -0.1) is 0 Å². The van der Waals surface area contributed by atoms with Crippen molar-refractivity contribution in [2.45, 2.75) is 20.8 Å². The minimum Gasteiger partial charge on any atom is -0.483 e. The molecule has 0 heterocycles. The zero-order valence-corrected chi connectivity index (χ0v) is 13.1. The maximum absolute atomic E-state index is 11.9. The zero-order valence-electron chi connectivity index (χ0n) is 12.4. The van der Waals surface area contributed by atoms with E-state index in [-0.39, 0.29) is 12.5 Å². The Morgan fingerprint density at radius 1 is 1.10 bits per heavy atom. The number of hydrogen-bond acceptors (Lipinski definition) is 2. The van der Waals surface area contributed by atoms with E-state index in [4.69, 9.17) is 16.3 Å². The normalized spacial score (nSPS) is 10.3. The smallest absolute Gasteiger partial charge is 0.262 e. The predicted molar refractivity (Wildman–Crippen MR) is 86.2 cm³/mol. The highest BCUT2D eigenvalue weighted by Gasteiger charge is 2.08. The summed E-state index contributed by atoms with van der Waals surface area (Å²) in [6.45, 7) is 5.99. The van der Waals surface area contributed by atoms with Crippen molar-refractivity contribution in [2.24, 2.45) is 0 Å². The number of aryl methyl sites for hydroxylation is 3. The molecule has 1 amide bonds. The molecule has 2 aromatic rings. The highest BCUT2D eigenvalue weighted by Crippen LogP contribution is 2.23. The van der Waals surface area contributed by atoms with Crippen LogP contribution in [0.25, 0.3) is 0 Å². The number of anilines is 1. The van der Waals surface area contributed by atoms with Crippen molar-refractivity contribution in [3.05, 3.63) is 58.1 Å². The first kappa shape index (κ1) is 15.4. The molecule has 1 N–H and O–H groups in total. The molecular formula is C17H18ClNO2. The summed E-state index contributed by atoms with van der Waals surface area (Å²) in [6.07, 6.45) is 0. The minimum atomic E-state index is -0.235. The Labute approximate surface area is 129 Å². The molecule has 0 unspecified atom stereocenters. The number of halogens is 1. The number of hydrogen-bond donors (Lipinski definition) is 1. The van der Waals surface area contributed by atoms with E-state index in [0.717, 1.165) is 16.9 Å². The van der Waals surface area contributed by atoms with E-state index in [9.17, 15) is 4.79 Å². The van der Waals surface area contributed by atoms with Gasteiger partial charge in [-0.2, -0.15) is 0 Å². The average Bonchev–Trinajstić information content (AvgIpc) is 2.44. The quantitative estimate of drug-likeness (QED) is 0.915. The van der Waals surface area contributed by atoms with E-state index < -0.39 is 0 Å². The van der Waals surface area contributed by atoms with Gasteiger partial charge < -0.3 is 10.1 Å². The maximum Gasteiger partial charge on any atom is 0.262 e. The Balaban J connectivity index is 1.99. The molecule has 0 aliphatic heterocycles. The van der Waals surface area contributed by atoms with E-state index in [1.54, 1.807) is 12.1 Å². The van der Waals surface area contributed by atoms with E-state index in [1.807, 2.05) is 32.0 Å². The van der Waals surface area contributed by atoms with Crippen molar-refractivity contribution < 1.29 is 9.53 Å². The van der Waals surface area contributed by atoms with Crippen LogP contribution in [0.5, 0.6) is 5.75 Å². The van der Waals surface area contributed by atoms with Gasteiger partial charge in [-0.1, -0.05) is 29.8 Å². The summed E-state index contributed by atoms with van der Waals surface area (Å²) in [7, 11) is 0. The first-order valence-electron chi connectivity index (χ1n) is 6.72. The molecule has 0 aromatic heterocycles. The molecule has 0 saturated carbocycles. The number of nitrogens with one attached hydrogen (secondary N) is 1. The molecule has 0 spiro atoms. The Kier molecular flexibility index (Phi) is 4.86. The Morgan fingerprint density at radius 2 is 1.76 bits per heavy atom. The van der Waals surface area contributed by atoms with Crippen LogP contribution in [0.1, 0.15) is 16.7 Å². The molecule has 2 aromatic carbocycles. The van der Waals surface area contributed by atoms with Gasteiger partial charge in [0.1, 0.15) is 5.75 Å². The van der Waals surface area contributed by atoms with E-state index in [2.05, 4.69) is 18.3 Å². The first-order valence-corrected chi connectivity index (χ1v) is 7.10. The van der Waals surface area contributed by atoms with Crippen LogP contribution in [-0.4, -0.2) is 12.5 Å². The van der Waals surface area contributed by atoms with Gasteiger partial charge in [0.05, 0.1) is 10.7 Å². The fraction of sp³-hybridized carbons (Fsp3) is 0.235. The topological polar surface area (TPSA) is 38.3 Å². The molecule has 4 heteroatoms. The van der Waals surface area contributed by atoms with Gasteiger partial charge in [0.25, 0.3) is 5.91 Å². The molecule has 2 rings (SSSR count). The summed E-state index contributed by atoms with van der Waals surface area (Å²) in [6, 6.07) is 11.1. The second-order valence-electron chi connectivity index (χ2n) is 5.02. The standard InChI is InChI=1S/C17H18ClNO2/c1-11-8-13(3)16(9-12(11)2)21-10-17(20)19-15-7-5-4-6-14(15)18/h4-9H,10H2,1-3H3,(H,19,20). The Hall–Kier alpha value is -2.00. The molecule has 0 saturated heterocycles. The summed E-state index contributed by atoms with van der Waals surface area (Å²) in [5, 5.41) is 3.24. The van der Waals surface area contributed by atoms with Crippen LogP contribution in [0.2, 0.25) is 5.02 Å². The van der Waals surface area contributed by atoms with Gasteiger partial charge in [-0.25, -0.2) is 0 Å². The zero-order chi connectivity index (χ0) is 15.4. The minimum absolute atomic E-state index is 0.0471. The van der Waals surface area contributed by atoms with Crippen LogP contribution < -0.4 is 10.1 Å². The molecule has 3 nitrogen and oxygen atoms in total. The second-order valence-corrected chi connectivity index (χ2v) is 5.43. The fourth-order valence-electron chi connectivity index (χ4n) is 1.98. The van der Waals surface area contributed by atoms with Gasteiger partial charge in [0.15, 0.2) is 6.61 Å². The van der Waals surface area contributed by atoms with Crippen LogP contribution in [0.3, 0.4) is 0 Å². The maximum atomic E-state index is 11.9. The van der Waals surface area contributed by atoms with Crippen LogP contribution in [0.4, 0.5) is 5.69 Å². The monoisotopic (exact) mass is 303 g/mol. The number of amides is 1. The number of rotatable bonds is 4. The largest absolute Gasteiger partial charge is 0.483 e. The van der Waals surface area contributed by atoms with Gasteiger partial charge in [0, 0.05) is 0 Å². The Morgan fingerprint density at radius 3 is 2.48 bits per heavy atom. The summed E-state index contributed by atoms with van der Waals surface area (Å²) in [5.41, 5.74) is 3.95. The second kappa shape index (κ2) is 6.64. The van der Waals surface area contributed by atoms with Gasteiger partial charge in [0.2, 0.25) is 0 Å². The van der Waals surface area contributed by atoms with E-state index in [1.165, 1.54) is 5.56 Å². The van der Waals surface area contributed by atoms with Gasteiger partial charge in [-0.3, -0.25) is 4.79 Å². The highest BCUT2D eigenvalue weighted by atomic mass is 35.5. The van der Waals surface area contributed by atoms with Crippen LogP contribution in [0.15, 0.2) is 36.4 Å². The Bertz CT molecular complexity index is 668. The summed E-state index contributed by atoms with van der Waals surface area (Å²) in [4.78, 5) is 11.9. The summed E-state index contributed by atoms with van der Waals surface area (Å²) < 4.78 is 5.59. The van der Waals surface area contributed by atoms with Crippen molar-refractivity contribution in [1.29, 1.82) is 0 Å². The molecular weight excluding hydrogens is 286 g/mol. The average molecular weight is 304 g/mol. The highest BCUT2D eigenvalue weighted by molar-refractivity contribution is 6.33. The number of ether oxygens (including phenoxy) is 1. The van der Waals surface area contributed by atoms with Gasteiger partial charge >= 0.3 is 0 Å². The van der Waals surface area contributed by atoms with E-state index in [0.29, 0.717) is 10.7 Å². The first-order chi connectivity index (χ1) is 9.97. The third-order valence-electron chi connectivity index (χ3n) is 3.30. The lowest BCUT2D eigenvalue weighted by Gasteiger charge is -2.12. The summed E-state index contributed by atoms with van der Waals surface area (Å²) in [5.74, 6) is 0.494. The van der Waals surface area contributed by atoms with Crippen LogP contribution >= 0.6 is 11.6 Å². The van der Waals surface area contributed by atoms with Crippen molar-refractivity contribution in [1.82, 2.24) is 0 Å². The fourth-order valence-corrected chi connectivity index (χ4v) is 2.16. The van der Waals surface area contributed by atoms with Crippen LogP contribution in [-0.2, 0) is 4.79 Å². The summed E-state index contributed by atoms with van der Waals surface area (Å²) >= 11 is 5.99. The van der Waals surface area contributed by atoms with Crippen LogP contribution in [0, 0.1) is 20.8 Å². The SMILES string of the molecule is Cc1cc(C)c(OCC(=O)Nc2ccccc2Cl)cc1C. The third kappa shape index (κ3) is 3.99. The molecule has 0 aliphatic rings. The lowest BCUT2D eigenvalue weighted by atomic mass is 10.1. The molecule has 0 aliphatic carbocycles. The lowest BCUT2D eigenvalue weighted by Crippen LogP contribution is -2.20.